The number of pyridine rings is 1. The van der Waals surface area contributed by atoms with Gasteiger partial charge in [-0.1, -0.05) is 19.1 Å². The fraction of sp³-hybridized carbons (Fsp3) is 0.294. The number of hydrogen-bond acceptors (Lipinski definition) is 3. The fourth-order valence-electron chi connectivity index (χ4n) is 1.98. The second kappa shape index (κ2) is 6.88. The minimum atomic E-state index is -0.522. The number of amides is 1. The van der Waals surface area contributed by atoms with Crippen molar-refractivity contribution in [3.63, 3.8) is 0 Å². The molecular weight excluding hydrogens is 264 g/mol. The molecule has 1 atom stereocenters. The van der Waals surface area contributed by atoms with Crippen LogP contribution in [-0.2, 0) is 4.79 Å². The van der Waals surface area contributed by atoms with E-state index in [2.05, 4.69) is 10.3 Å². The third-order valence-corrected chi connectivity index (χ3v) is 3.23. The number of aromatic nitrogens is 1. The van der Waals surface area contributed by atoms with Crippen LogP contribution in [0.4, 0.5) is 5.69 Å². The number of rotatable bonds is 5. The Hall–Kier alpha value is -2.36. The predicted octanol–water partition coefficient (Wildman–Crippen LogP) is 3.49. The summed E-state index contributed by atoms with van der Waals surface area (Å²) in [7, 11) is 0. The molecule has 0 unspecified atom stereocenters. The first-order valence-corrected chi connectivity index (χ1v) is 7.05. The Morgan fingerprint density at radius 2 is 2.14 bits per heavy atom. The van der Waals surface area contributed by atoms with Crippen molar-refractivity contribution in [3.8, 4) is 5.75 Å². The molecule has 0 radical (unpaired) electrons. The number of ether oxygens (including phenoxy) is 1. The van der Waals surface area contributed by atoms with Crippen LogP contribution in [0.1, 0.15) is 24.5 Å². The maximum atomic E-state index is 12.3. The van der Waals surface area contributed by atoms with Crippen LogP contribution in [0, 0.1) is 13.8 Å². The summed E-state index contributed by atoms with van der Waals surface area (Å²) in [6.45, 7) is 5.85. The normalized spacial score (nSPS) is 11.8. The Morgan fingerprint density at radius 1 is 1.33 bits per heavy atom. The molecule has 110 valence electrons. The van der Waals surface area contributed by atoms with Gasteiger partial charge in [-0.2, -0.15) is 0 Å². The molecule has 0 saturated heterocycles. The third-order valence-electron chi connectivity index (χ3n) is 3.23. The standard InChI is InChI=1S/C17H20N2O2/c1-4-16(21-14-7-5-6-12(2)10-14)17(20)19-15-11-18-9-8-13(15)3/h5-11,16H,4H2,1-3H3,(H,19,20)/t16-/m1/s1. The lowest BCUT2D eigenvalue weighted by molar-refractivity contribution is -0.122. The monoisotopic (exact) mass is 284 g/mol. The van der Waals surface area contributed by atoms with E-state index >= 15 is 0 Å². The predicted molar refractivity (Wildman–Crippen MR) is 83.5 cm³/mol. The second-order valence-corrected chi connectivity index (χ2v) is 5.01. The van der Waals surface area contributed by atoms with Crippen molar-refractivity contribution in [3.05, 3.63) is 53.9 Å². The van der Waals surface area contributed by atoms with Crippen LogP contribution in [0.15, 0.2) is 42.7 Å². The molecule has 1 aromatic carbocycles. The second-order valence-electron chi connectivity index (χ2n) is 5.01. The molecule has 21 heavy (non-hydrogen) atoms. The number of carbonyl (C=O) groups excluding carboxylic acids is 1. The lowest BCUT2D eigenvalue weighted by Gasteiger charge is -2.18. The molecule has 0 aliphatic carbocycles. The van der Waals surface area contributed by atoms with Gasteiger partial charge in [-0.25, -0.2) is 0 Å². The highest BCUT2D eigenvalue weighted by Crippen LogP contribution is 2.17. The van der Waals surface area contributed by atoms with Gasteiger partial charge in [0.25, 0.3) is 5.91 Å². The van der Waals surface area contributed by atoms with E-state index in [-0.39, 0.29) is 5.91 Å². The number of anilines is 1. The Kier molecular flexibility index (Phi) is 4.93. The van der Waals surface area contributed by atoms with Gasteiger partial charge in [0, 0.05) is 6.20 Å². The molecule has 0 aliphatic rings. The summed E-state index contributed by atoms with van der Waals surface area (Å²) < 4.78 is 5.79. The van der Waals surface area contributed by atoms with Gasteiger partial charge in [0.15, 0.2) is 6.10 Å². The van der Waals surface area contributed by atoms with Gasteiger partial charge in [0.2, 0.25) is 0 Å². The first kappa shape index (κ1) is 15.0. The van der Waals surface area contributed by atoms with Gasteiger partial charge >= 0.3 is 0 Å². The molecule has 1 amide bonds. The van der Waals surface area contributed by atoms with Crippen molar-refractivity contribution in [2.45, 2.75) is 33.3 Å². The topological polar surface area (TPSA) is 51.2 Å². The van der Waals surface area contributed by atoms with E-state index in [1.54, 1.807) is 12.4 Å². The summed E-state index contributed by atoms with van der Waals surface area (Å²) in [5.74, 6) is 0.551. The van der Waals surface area contributed by atoms with Gasteiger partial charge in [0.05, 0.1) is 11.9 Å². The number of aryl methyl sites for hydroxylation is 2. The largest absolute Gasteiger partial charge is 0.481 e. The number of carbonyl (C=O) groups is 1. The quantitative estimate of drug-likeness (QED) is 0.914. The van der Waals surface area contributed by atoms with Crippen LogP contribution in [0.25, 0.3) is 0 Å². The SMILES string of the molecule is CC[C@@H](Oc1cccc(C)c1)C(=O)Nc1cnccc1C. The number of nitrogens with zero attached hydrogens (tertiary/aromatic N) is 1. The summed E-state index contributed by atoms with van der Waals surface area (Å²) in [6.07, 6.45) is 3.42. The van der Waals surface area contributed by atoms with Gasteiger partial charge in [-0.05, 0) is 49.6 Å². The van der Waals surface area contributed by atoms with Gasteiger partial charge in [-0.15, -0.1) is 0 Å². The molecule has 0 bridgehead atoms. The Bertz CT molecular complexity index is 626. The van der Waals surface area contributed by atoms with E-state index in [0.29, 0.717) is 17.9 Å². The zero-order valence-electron chi connectivity index (χ0n) is 12.6. The van der Waals surface area contributed by atoms with Gasteiger partial charge < -0.3 is 10.1 Å². The highest BCUT2D eigenvalue weighted by atomic mass is 16.5. The first-order chi connectivity index (χ1) is 10.1. The average Bonchev–Trinajstić information content (AvgIpc) is 2.47. The highest BCUT2D eigenvalue weighted by molar-refractivity contribution is 5.94. The van der Waals surface area contributed by atoms with Crippen LogP contribution in [-0.4, -0.2) is 17.0 Å². The maximum Gasteiger partial charge on any atom is 0.265 e. The van der Waals surface area contributed by atoms with Crippen molar-refractivity contribution in [1.82, 2.24) is 4.98 Å². The van der Waals surface area contributed by atoms with E-state index in [4.69, 9.17) is 4.74 Å². The minimum absolute atomic E-state index is 0.157. The van der Waals surface area contributed by atoms with Crippen LogP contribution >= 0.6 is 0 Å². The Morgan fingerprint density at radius 3 is 2.81 bits per heavy atom. The van der Waals surface area contributed by atoms with Crippen molar-refractivity contribution in [2.75, 3.05) is 5.32 Å². The smallest absolute Gasteiger partial charge is 0.265 e. The molecule has 2 rings (SSSR count). The molecule has 4 heteroatoms. The number of benzene rings is 1. The fourth-order valence-corrected chi connectivity index (χ4v) is 1.98. The summed E-state index contributed by atoms with van der Waals surface area (Å²) in [5.41, 5.74) is 2.79. The van der Waals surface area contributed by atoms with E-state index < -0.39 is 6.10 Å². The van der Waals surface area contributed by atoms with Crippen molar-refractivity contribution in [1.29, 1.82) is 0 Å². The Balaban J connectivity index is 2.07. The van der Waals surface area contributed by atoms with E-state index in [9.17, 15) is 4.79 Å². The molecule has 1 N–H and O–H groups in total. The molecular formula is C17H20N2O2. The molecule has 0 spiro atoms. The van der Waals surface area contributed by atoms with E-state index in [0.717, 1.165) is 11.1 Å². The van der Waals surface area contributed by atoms with Crippen molar-refractivity contribution >= 4 is 11.6 Å². The van der Waals surface area contributed by atoms with Gasteiger partial charge in [0.1, 0.15) is 5.75 Å². The van der Waals surface area contributed by atoms with Crippen LogP contribution in [0.5, 0.6) is 5.75 Å². The molecule has 0 fully saturated rings. The molecule has 0 aliphatic heterocycles. The zero-order valence-corrected chi connectivity index (χ0v) is 12.6. The third kappa shape index (κ3) is 4.05. The molecule has 2 aromatic rings. The zero-order chi connectivity index (χ0) is 15.2. The molecule has 4 nitrogen and oxygen atoms in total. The van der Waals surface area contributed by atoms with Gasteiger partial charge in [-0.3, -0.25) is 9.78 Å². The van der Waals surface area contributed by atoms with Crippen molar-refractivity contribution < 1.29 is 9.53 Å². The number of nitrogens with one attached hydrogen (secondary N) is 1. The lowest BCUT2D eigenvalue weighted by Crippen LogP contribution is -2.32. The highest BCUT2D eigenvalue weighted by Gasteiger charge is 2.19. The van der Waals surface area contributed by atoms with Crippen LogP contribution in [0.2, 0.25) is 0 Å². The summed E-state index contributed by atoms with van der Waals surface area (Å²) in [6, 6.07) is 9.55. The summed E-state index contributed by atoms with van der Waals surface area (Å²) in [5, 5.41) is 2.87. The number of hydrogen-bond donors (Lipinski definition) is 1. The summed E-state index contributed by atoms with van der Waals surface area (Å²) in [4.78, 5) is 16.3. The van der Waals surface area contributed by atoms with Crippen LogP contribution in [0.3, 0.4) is 0 Å². The average molecular weight is 284 g/mol. The van der Waals surface area contributed by atoms with E-state index in [1.807, 2.05) is 51.1 Å². The first-order valence-electron chi connectivity index (χ1n) is 7.05. The molecule has 1 aromatic heterocycles. The van der Waals surface area contributed by atoms with Crippen LogP contribution < -0.4 is 10.1 Å². The Labute approximate surface area is 125 Å². The molecule has 1 heterocycles. The van der Waals surface area contributed by atoms with E-state index in [1.165, 1.54) is 0 Å². The molecule has 0 saturated carbocycles. The summed E-state index contributed by atoms with van der Waals surface area (Å²) >= 11 is 0. The minimum Gasteiger partial charge on any atom is -0.481 e. The maximum absolute atomic E-state index is 12.3. The lowest BCUT2D eigenvalue weighted by atomic mass is 10.2. The van der Waals surface area contributed by atoms with Crippen molar-refractivity contribution in [2.24, 2.45) is 0 Å².